The Morgan fingerprint density at radius 1 is 1.33 bits per heavy atom. The van der Waals surface area contributed by atoms with Crippen LogP contribution in [-0.4, -0.2) is 35.3 Å². The fourth-order valence-corrected chi connectivity index (χ4v) is 2.46. The van der Waals surface area contributed by atoms with E-state index in [1.807, 2.05) is 23.6 Å². The Bertz CT molecular complexity index is 584. The Kier molecular flexibility index (Phi) is 5.45. The van der Waals surface area contributed by atoms with E-state index < -0.39 is 0 Å². The van der Waals surface area contributed by atoms with Gasteiger partial charge in [0.25, 0.3) is 5.91 Å². The first-order valence-electron chi connectivity index (χ1n) is 6.61. The highest BCUT2D eigenvalue weighted by Crippen LogP contribution is 2.07. The maximum absolute atomic E-state index is 12.0. The van der Waals surface area contributed by atoms with Crippen LogP contribution in [0.5, 0.6) is 0 Å². The molecule has 0 spiro atoms. The van der Waals surface area contributed by atoms with Gasteiger partial charge in [-0.3, -0.25) is 14.6 Å². The average molecular weight is 303 g/mol. The average Bonchev–Trinajstić information content (AvgIpc) is 3.02. The Morgan fingerprint density at radius 3 is 2.86 bits per heavy atom. The topological polar surface area (TPSA) is 62.3 Å². The van der Waals surface area contributed by atoms with E-state index in [0.29, 0.717) is 18.0 Å². The van der Waals surface area contributed by atoms with E-state index in [1.165, 1.54) is 11.3 Å². The van der Waals surface area contributed by atoms with Crippen LogP contribution < -0.4 is 5.32 Å². The highest BCUT2D eigenvalue weighted by molar-refractivity contribution is 7.12. The van der Waals surface area contributed by atoms with Crippen LogP contribution in [0.3, 0.4) is 0 Å². The van der Waals surface area contributed by atoms with E-state index in [-0.39, 0.29) is 18.2 Å². The van der Waals surface area contributed by atoms with E-state index in [9.17, 15) is 9.59 Å². The van der Waals surface area contributed by atoms with Crippen molar-refractivity contribution in [2.75, 3.05) is 13.6 Å². The zero-order valence-corrected chi connectivity index (χ0v) is 12.6. The molecule has 2 aromatic heterocycles. The summed E-state index contributed by atoms with van der Waals surface area (Å²) in [5.74, 6) is -0.141. The summed E-state index contributed by atoms with van der Waals surface area (Å²) in [6, 6.07) is 7.35. The summed E-state index contributed by atoms with van der Waals surface area (Å²) in [7, 11) is 1.75. The fourth-order valence-electron chi connectivity index (χ4n) is 1.82. The molecule has 0 aromatic carbocycles. The van der Waals surface area contributed by atoms with E-state index in [2.05, 4.69) is 10.3 Å². The summed E-state index contributed by atoms with van der Waals surface area (Å²) < 4.78 is 0. The molecule has 0 fully saturated rings. The van der Waals surface area contributed by atoms with E-state index >= 15 is 0 Å². The highest BCUT2D eigenvalue weighted by atomic mass is 32.1. The molecule has 0 aliphatic heterocycles. The number of nitrogens with one attached hydrogen (secondary N) is 1. The summed E-state index contributed by atoms with van der Waals surface area (Å²) in [4.78, 5) is 30.0. The smallest absolute Gasteiger partial charge is 0.261 e. The lowest BCUT2D eigenvalue weighted by molar-refractivity contribution is -0.130. The predicted molar refractivity (Wildman–Crippen MR) is 82.0 cm³/mol. The SMILES string of the molecule is CN(Cc1cccnc1)C(=O)CCNC(=O)c1cccs1. The van der Waals surface area contributed by atoms with Crippen LogP contribution in [-0.2, 0) is 11.3 Å². The summed E-state index contributed by atoms with van der Waals surface area (Å²) in [6.45, 7) is 0.860. The minimum Gasteiger partial charge on any atom is -0.351 e. The first-order valence-corrected chi connectivity index (χ1v) is 7.49. The molecule has 2 amide bonds. The number of aromatic nitrogens is 1. The molecule has 21 heavy (non-hydrogen) atoms. The van der Waals surface area contributed by atoms with Crippen molar-refractivity contribution in [2.24, 2.45) is 0 Å². The molecule has 2 aromatic rings. The largest absolute Gasteiger partial charge is 0.351 e. The van der Waals surface area contributed by atoms with Crippen molar-refractivity contribution in [3.8, 4) is 0 Å². The van der Waals surface area contributed by atoms with E-state index in [0.717, 1.165) is 5.56 Å². The van der Waals surface area contributed by atoms with Gasteiger partial charge < -0.3 is 10.2 Å². The molecule has 2 heterocycles. The van der Waals surface area contributed by atoms with Gasteiger partial charge in [-0.25, -0.2) is 0 Å². The molecule has 1 N–H and O–H groups in total. The van der Waals surface area contributed by atoms with Crippen LogP contribution in [0.1, 0.15) is 21.7 Å². The van der Waals surface area contributed by atoms with Gasteiger partial charge in [-0.05, 0) is 23.1 Å². The monoisotopic (exact) mass is 303 g/mol. The minimum absolute atomic E-state index is 0.00895. The molecule has 0 unspecified atom stereocenters. The predicted octanol–water partition coefficient (Wildman–Crippen LogP) is 1.92. The van der Waals surface area contributed by atoms with Crippen LogP contribution in [0, 0.1) is 0 Å². The van der Waals surface area contributed by atoms with Gasteiger partial charge in [-0.15, -0.1) is 11.3 Å². The van der Waals surface area contributed by atoms with Gasteiger partial charge in [-0.1, -0.05) is 12.1 Å². The van der Waals surface area contributed by atoms with Gasteiger partial charge in [0, 0.05) is 39.0 Å². The molecule has 0 atom stereocenters. The molecule has 0 bridgehead atoms. The number of nitrogens with zero attached hydrogens (tertiary/aromatic N) is 2. The van der Waals surface area contributed by atoms with E-state index in [1.54, 1.807) is 30.4 Å². The van der Waals surface area contributed by atoms with Gasteiger partial charge in [0.15, 0.2) is 0 Å². The number of hydrogen-bond acceptors (Lipinski definition) is 4. The van der Waals surface area contributed by atoms with Crippen LogP contribution in [0.4, 0.5) is 0 Å². The summed E-state index contributed by atoms with van der Waals surface area (Å²) >= 11 is 1.38. The third-order valence-electron chi connectivity index (χ3n) is 2.94. The van der Waals surface area contributed by atoms with Crippen molar-refractivity contribution >= 4 is 23.2 Å². The molecule has 0 radical (unpaired) electrons. The Labute approximate surface area is 127 Å². The van der Waals surface area contributed by atoms with Crippen molar-refractivity contribution in [2.45, 2.75) is 13.0 Å². The van der Waals surface area contributed by atoms with Gasteiger partial charge in [0.05, 0.1) is 4.88 Å². The third-order valence-corrected chi connectivity index (χ3v) is 3.81. The lowest BCUT2D eigenvalue weighted by atomic mass is 10.2. The van der Waals surface area contributed by atoms with Crippen LogP contribution in [0.15, 0.2) is 42.0 Å². The Hall–Kier alpha value is -2.21. The summed E-state index contributed by atoms with van der Waals surface area (Å²) in [6.07, 6.45) is 3.72. The van der Waals surface area contributed by atoms with Crippen LogP contribution in [0.2, 0.25) is 0 Å². The number of thiophene rings is 1. The molecule has 6 heteroatoms. The Morgan fingerprint density at radius 2 is 2.19 bits per heavy atom. The van der Waals surface area contributed by atoms with E-state index in [4.69, 9.17) is 0 Å². The number of carbonyl (C=O) groups is 2. The zero-order valence-electron chi connectivity index (χ0n) is 11.8. The second kappa shape index (κ2) is 7.54. The molecule has 110 valence electrons. The van der Waals surface area contributed by atoms with Gasteiger partial charge in [0.2, 0.25) is 5.91 Å². The normalized spacial score (nSPS) is 10.1. The van der Waals surface area contributed by atoms with Crippen molar-refractivity contribution in [3.05, 3.63) is 52.5 Å². The maximum Gasteiger partial charge on any atom is 0.261 e. The minimum atomic E-state index is -0.132. The quantitative estimate of drug-likeness (QED) is 0.887. The lowest BCUT2D eigenvalue weighted by Gasteiger charge is -2.17. The first kappa shape index (κ1) is 15.2. The molecule has 0 saturated heterocycles. The van der Waals surface area contributed by atoms with Gasteiger partial charge in [0.1, 0.15) is 0 Å². The van der Waals surface area contributed by atoms with Crippen molar-refractivity contribution < 1.29 is 9.59 Å². The summed E-state index contributed by atoms with van der Waals surface area (Å²) in [5.41, 5.74) is 0.982. The number of hydrogen-bond donors (Lipinski definition) is 1. The maximum atomic E-state index is 12.0. The van der Waals surface area contributed by atoms with Crippen LogP contribution >= 0.6 is 11.3 Å². The molecule has 0 aliphatic rings. The molecular weight excluding hydrogens is 286 g/mol. The van der Waals surface area contributed by atoms with Crippen molar-refractivity contribution in [1.29, 1.82) is 0 Å². The lowest BCUT2D eigenvalue weighted by Crippen LogP contribution is -2.31. The molecular formula is C15H17N3O2S. The standard InChI is InChI=1S/C15H17N3O2S/c1-18(11-12-4-2-7-16-10-12)14(19)6-8-17-15(20)13-5-3-9-21-13/h2-5,7,9-10H,6,8,11H2,1H3,(H,17,20). The number of amides is 2. The molecule has 0 aliphatic carbocycles. The third kappa shape index (κ3) is 4.68. The second-order valence-electron chi connectivity index (χ2n) is 4.59. The van der Waals surface area contributed by atoms with Crippen molar-refractivity contribution in [3.63, 3.8) is 0 Å². The van der Waals surface area contributed by atoms with Gasteiger partial charge in [-0.2, -0.15) is 0 Å². The highest BCUT2D eigenvalue weighted by Gasteiger charge is 2.11. The summed E-state index contributed by atoms with van der Waals surface area (Å²) in [5, 5.41) is 4.60. The molecule has 2 rings (SSSR count). The second-order valence-corrected chi connectivity index (χ2v) is 5.54. The number of rotatable bonds is 6. The number of pyridine rings is 1. The zero-order chi connectivity index (χ0) is 15.1. The van der Waals surface area contributed by atoms with Crippen LogP contribution in [0.25, 0.3) is 0 Å². The van der Waals surface area contributed by atoms with Crippen molar-refractivity contribution in [1.82, 2.24) is 15.2 Å². The first-order chi connectivity index (χ1) is 10.2. The van der Waals surface area contributed by atoms with Gasteiger partial charge >= 0.3 is 0 Å². The number of carbonyl (C=O) groups excluding carboxylic acids is 2. The molecule has 0 saturated carbocycles. The Balaban J connectivity index is 1.73. The molecule has 5 nitrogen and oxygen atoms in total. The fraction of sp³-hybridized carbons (Fsp3) is 0.267.